The van der Waals surface area contributed by atoms with Crippen LogP contribution in [0.2, 0.25) is 0 Å². The van der Waals surface area contributed by atoms with Crippen molar-refractivity contribution < 1.29 is 0 Å². The van der Waals surface area contributed by atoms with Gasteiger partial charge in [-0.25, -0.2) is 4.98 Å². The van der Waals surface area contributed by atoms with Crippen molar-refractivity contribution in [3.05, 3.63) is 23.9 Å². The van der Waals surface area contributed by atoms with Crippen LogP contribution >= 0.6 is 0 Å². The average molecular weight is 150 g/mol. The molecule has 0 unspecified atom stereocenters. The summed E-state index contributed by atoms with van der Waals surface area (Å²) in [7, 11) is 0. The topological polar surface area (TPSA) is 38.9 Å². The van der Waals surface area contributed by atoms with Crippen molar-refractivity contribution in [1.82, 2.24) is 4.98 Å². The number of pyridine rings is 1. The number of rotatable bonds is 2. The molecule has 0 radical (unpaired) electrons. The van der Waals surface area contributed by atoms with Gasteiger partial charge in [0, 0.05) is 5.69 Å². The minimum Gasteiger partial charge on any atom is -0.384 e. The average Bonchev–Trinajstić information content (AvgIpc) is 1.85. The van der Waals surface area contributed by atoms with E-state index >= 15 is 0 Å². The molecule has 0 aliphatic rings. The molecule has 0 fully saturated rings. The molecule has 0 saturated heterocycles. The van der Waals surface area contributed by atoms with Gasteiger partial charge in [-0.15, -0.1) is 0 Å². The van der Waals surface area contributed by atoms with E-state index in [0.29, 0.717) is 11.7 Å². The number of hydrogen-bond acceptors (Lipinski definition) is 2. The first-order chi connectivity index (χ1) is 5.18. The molecular formula is C9H14N2. The summed E-state index contributed by atoms with van der Waals surface area (Å²) in [6, 6.07) is 5.76. The molecule has 0 spiro atoms. The van der Waals surface area contributed by atoms with Crippen LogP contribution < -0.4 is 5.73 Å². The number of anilines is 1. The van der Waals surface area contributed by atoms with Gasteiger partial charge in [-0.05, 0) is 24.5 Å². The molecule has 2 nitrogen and oxygen atoms in total. The molecule has 2 heteroatoms. The SMILES string of the molecule is CC(C)Cc1cccc(N)n1. The first-order valence-electron chi connectivity index (χ1n) is 3.90. The van der Waals surface area contributed by atoms with E-state index in [1.54, 1.807) is 0 Å². The normalized spacial score (nSPS) is 10.5. The van der Waals surface area contributed by atoms with Gasteiger partial charge < -0.3 is 5.73 Å². The van der Waals surface area contributed by atoms with E-state index < -0.39 is 0 Å². The molecule has 0 aliphatic carbocycles. The molecule has 60 valence electrons. The minimum atomic E-state index is 0.614. The highest BCUT2D eigenvalue weighted by Crippen LogP contribution is 2.06. The number of hydrogen-bond donors (Lipinski definition) is 1. The molecule has 2 N–H and O–H groups in total. The monoisotopic (exact) mass is 150 g/mol. The molecule has 0 aliphatic heterocycles. The van der Waals surface area contributed by atoms with E-state index in [-0.39, 0.29) is 0 Å². The van der Waals surface area contributed by atoms with Crippen LogP contribution in [0, 0.1) is 5.92 Å². The van der Waals surface area contributed by atoms with Crippen LogP contribution in [0.3, 0.4) is 0 Å². The summed E-state index contributed by atoms with van der Waals surface area (Å²) < 4.78 is 0. The summed E-state index contributed by atoms with van der Waals surface area (Å²) in [6.45, 7) is 4.34. The zero-order chi connectivity index (χ0) is 8.27. The summed E-state index contributed by atoms with van der Waals surface area (Å²) in [5.74, 6) is 1.26. The largest absolute Gasteiger partial charge is 0.384 e. The maximum Gasteiger partial charge on any atom is 0.123 e. The van der Waals surface area contributed by atoms with Crippen molar-refractivity contribution in [2.75, 3.05) is 5.73 Å². The molecule has 0 bridgehead atoms. The summed E-state index contributed by atoms with van der Waals surface area (Å²) in [5.41, 5.74) is 6.61. The van der Waals surface area contributed by atoms with Crippen LogP contribution in [0.25, 0.3) is 0 Å². The van der Waals surface area contributed by atoms with Gasteiger partial charge >= 0.3 is 0 Å². The second-order valence-corrected chi connectivity index (χ2v) is 3.15. The molecule has 1 heterocycles. The first-order valence-corrected chi connectivity index (χ1v) is 3.90. The van der Waals surface area contributed by atoms with E-state index in [4.69, 9.17) is 5.73 Å². The van der Waals surface area contributed by atoms with E-state index in [2.05, 4.69) is 18.8 Å². The van der Waals surface area contributed by atoms with E-state index in [0.717, 1.165) is 12.1 Å². The highest BCUT2D eigenvalue weighted by molar-refractivity contribution is 5.28. The summed E-state index contributed by atoms with van der Waals surface area (Å²) in [6.07, 6.45) is 1.00. The number of nitrogens with two attached hydrogens (primary N) is 1. The van der Waals surface area contributed by atoms with Gasteiger partial charge in [0.15, 0.2) is 0 Å². The number of nitrogen functional groups attached to an aromatic ring is 1. The fraction of sp³-hybridized carbons (Fsp3) is 0.444. The predicted octanol–water partition coefficient (Wildman–Crippen LogP) is 1.86. The molecule has 0 atom stereocenters. The second-order valence-electron chi connectivity index (χ2n) is 3.15. The Morgan fingerprint density at radius 1 is 1.45 bits per heavy atom. The zero-order valence-corrected chi connectivity index (χ0v) is 7.04. The fourth-order valence-corrected chi connectivity index (χ4v) is 1.03. The van der Waals surface area contributed by atoms with Crippen LogP contribution in [-0.2, 0) is 6.42 Å². The Kier molecular flexibility index (Phi) is 2.47. The molecule has 0 saturated carbocycles. The zero-order valence-electron chi connectivity index (χ0n) is 7.04. The summed E-state index contributed by atoms with van der Waals surface area (Å²) in [4.78, 5) is 4.19. The molecule has 1 aromatic heterocycles. The first kappa shape index (κ1) is 8.05. The van der Waals surface area contributed by atoms with Gasteiger partial charge in [-0.1, -0.05) is 19.9 Å². The maximum atomic E-state index is 5.52. The summed E-state index contributed by atoms with van der Waals surface area (Å²) >= 11 is 0. The van der Waals surface area contributed by atoms with E-state index in [1.165, 1.54) is 0 Å². The van der Waals surface area contributed by atoms with Gasteiger partial charge in [0.05, 0.1) is 0 Å². The number of aromatic nitrogens is 1. The van der Waals surface area contributed by atoms with Crippen LogP contribution in [-0.4, -0.2) is 4.98 Å². The van der Waals surface area contributed by atoms with Crippen LogP contribution in [0.15, 0.2) is 18.2 Å². The van der Waals surface area contributed by atoms with Crippen LogP contribution in [0.1, 0.15) is 19.5 Å². The van der Waals surface area contributed by atoms with Gasteiger partial charge in [0.25, 0.3) is 0 Å². The maximum absolute atomic E-state index is 5.52. The van der Waals surface area contributed by atoms with Crippen molar-refractivity contribution in [3.8, 4) is 0 Å². The Hall–Kier alpha value is -1.05. The minimum absolute atomic E-state index is 0.614. The van der Waals surface area contributed by atoms with E-state index in [9.17, 15) is 0 Å². The van der Waals surface area contributed by atoms with Gasteiger partial charge in [-0.3, -0.25) is 0 Å². The molecule has 11 heavy (non-hydrogen) atoms. The lowest BCUT2D eigenvalue weighted by Gasteiger charge is -2.03. The summed E-state index contributed by atoms with van der Waals surface area (Å²) in [5, 5.41) is 0. The Labute approximate surface area is 67.5 Å². The molecule has 1 rings (SSSR count). The third-order valence-corrected chi connectivity index (χ3v) is 1.45. The lowest BCUT2D eigenvalue weighted by Crippen LogP contribution is -1.99. The molecule has 0 aromatic carbocycles. The lowest BCUT2D eigenvalue weighted by molar-refractivity contribution is 0.636. The third kappa shape index (κ3) is 2.58. The Morgan fingerprint density at radius 2 is 2.18 bits per heavy atom. The van der Waals surface area contributed by atoms with Crippen molar-refractivity contribution in [1.29, 1.82) is 0 Å². The van der Waals surface area contributed by atoms with Crippen molar-refractivity contribution in [2.24, 2.45) is 5.92 Å². The van der Waals surface area contributed by atoms with Crippen molar-refractivity contribution >= 4 is 5.82 Å². The number of nitrogens with zero attached hydrogens (tertiary/aromatic N) is 1. The van der Waals surface area contributed by atoms with Crippen molar-refractivity contribution in [2.45, 2.75) is 20.3 Å². The molecule has 0 amide bonds. The van der Waals surface area contributed by atoms with Crippen molar-refractivity contribution in [3.63, 3.8) is 0 Å². The lowest BCUT2D eigenvalue weighted by atomic mass is 10.1. The van der Waals surface area contributed by atoms with Gasteiger partial charge in [-0.2, -0.15) is 0 Å². The van der Waals surface area contributed by atoms with Crippen LogP contribution in [0.5, 0.6) is 0 Å². The third-order valence-electron chi connectivity index (χ3n) is 1.45. The van der Waals surface area contributed by atoms with Gasteiger partial charge in [0.1, 0.15) is 5.82 Å². The molecular weight excluding hydrogens is 136 g/mol. The Morgan fingerprint density at radius 3 is 2.73 bits per heavy atom. The second kappa shape index (κ2) is 3.37. The molecule has 1 aromatic rings. The Bertz CT molecular complexity index is 231. The standard InChI is InChI=1S/C9H14N2/c1-7(2)6-8-4-3-5-9(10)11-8/h3-5,7H,6H2,1-2H3,(H2,10,11). The van der Waals surface area contributed by atoms with Gasteiger partial charge in [0.2, 0.25) is 0 Å². The smallest absolute Gasteiger partial charge is 0.123 e. The Balaban J connectivity index is 2.71. The highest BCUT2D eigenvalue weighted by atomic mass is 14.8. The quantitative estimate of drug-likeness (QED) is 0.699. The predicted molar refractivity (Wildman–Crippen MR) is 47.2 cm³/mol. The fourth-order valence-electron chi connectivity index (χ4n) is 1.03. The highest BCUT2D eigenvalue weighted by Gasteiger charge is 1.97. The van der Waals surface area contributed by atoms with Crippen LogP contribution in [0.4, 0.5) is 5.82 Å². The van der Waals surface area contributed by atoms with E-state index in [1.807, 2.05) is 18.2 Å².